The van der Waals surface area contributed by atoms with Crippen LogP contribution in [0.3, 0.4) is 0 Å². The van der Waals surface area contributed by atoms with Crippen LogP contribution in [-0.2, 0) is 14.3 Å². The Morgan fingerprint density at radius 3 is 2.43 bits per heavy atom. The lowest BCUT2D eigenvalue weighted by Crippen LogP contribution is -2.40. The summed E-state index contributed by atoms with van der Waals surface area (Å²) in [6.07, 6.45) is 0.735. The van der Waals surface area contributed by atoms with E-state index in [2.05, 4.69) is 6.58 Å². The molecule has 1 unspecified atom stereocenters. The number of esters is 1. The van der Waals surface area contributed by atoms with Gasteiger partial charge in [0, 0.05) is 13.1 Å². The zero-order valence-corrected chi connectivity index (χ0v) is 13.8. The molecule has 0 aromatic rings. The Labute approximate surface area is 127 Å². The molecule has 120 valence electrons. The Morgan fingerprint density at radius 1 is 1.33 bits per heavy atom. The molecule has 0 radical (unpaired) electrons. The zero-order valence-electron chi connectivity index (χ0n) is 13.8. The zero-order chi connectivity index (χ0) is 16.3. The number of nitrogens with zero attached hydrogens (tertiary/aromatic N) is 1. The third-order valence-corrected chi connectivity index (χ3v) is 3.35. The molecule has 5 nitrogen and oxygen atoms in total. The van der Waals surface area contributed by atoms with Crippen LogP contribution < -0.4 is 0 Å². The molecule has 0 N–H and O–H groups in total. The Bertz CT molecular complexity index is 424. The summed E-state index contributed by atoms with van der Waals surface area (Å²) >= 11 is 0. The summed E-state index contributed by atoms with van der Waals surface area (Å²) in [5.41, 5.74) is -0.312. The van der Waals surface area contributed by atoms with Crippen molar-refractivity contribution in [3.63, 3.8) is 0 Å². The Balaban J connectivity index is 2.83. The highest BCUT2D eigenvalue weighted by Gasteiger charge is 2.47. The molecular weight excluding hydrogens is 270 g/mol. The van der Waals surface area contributed by atoms with Crippen LogP contribution in [0.4, 0.5) is 4.79 Å². The van der Waals surface area contributed by atoms with Gasteiger partial charge in [-0.3, -0.25) is 4.79 Å². The SMILES string of the molecule is C=C(C)CC1(C(=O)OCC)CCN(C(=O)OC(C)(C)C)C1. The van der Waals surface area contributed by atoms with Crippen LogP contribution in [0.1, 0.15) is 47.5 Å². The second kappa shape index (κ2) is 6.50. The molecule has 1 saturated heterocycles. The average Bonchev–Trinajstić information content (AvgIpc) is 2.72. The molecule has 0 aliphatic carbocycles. The maximum absolute atomic E-state index is 12.3. The van der Waals surface area contributed by atoms with Crippen molar-refractivity contribution < 1.29 is 19.1 Å². The van der Waals surface area contributed by atoms with E-state index in [-0.39, 0.29) is 12.1 Å². The predicted octanol–water partition coefficient (Wildman–Crippen LogP) is 3.14. The van der Waals surface area contributed by atoms with E-state index in [4.69, 9.17) is 9.47 Å². The molecule has 1 rings (SSSR count). The summed E-state index contributed by atoms with van der Waals surface area (Å²) in [4.78, 5) is 26.0. The van der Waals surface area contributed by atoms with Crippen molar-refractivity contribution in [3.8, 4) is 0 Å². The van der Waals surface area contributed by atoms with Gasteiger partial charge in [0.15, 0.2) is 0 Å². The van der Waals surface area contributed by atoms with Crippen LogP contribution >= 0.6 is 0 Å². The Kier molecular flexibility index (Phi) is 5.42. The first-order valence-electron chi connectivity index (χ1n) is 7.39. The highest BCUT2D eigenvalue weighted by Crippen LogP contribution is 2.38. The van der Waals surface area contributed by atoms with Gasteiger partial charge < -0.3 is 14.4 Å². The first-order chi connectivity index (χ1) is 9.59. The van der Waals surface area contributed by atoms with Crippen LogP contribution in [0.2, 0.25) is 0 Å². The fraction of sp³-hybridized carbons (Fsp3) is 0.750. The van der Waals surface area contributed by atoms with E-state index < -0.39 is 11.0 Å². The van der Waals surface area contributed by atoms with Crippen LogP contribution in [0.25, 0.3) is 0 Å². The number of carbonyl (C=O) groups is 2. The minimum atomic E-state index is -0.682. The minimum absolute atomic E-state index is 0.251. The van der Waals surface area contributed by atoms with Crippen molar-refractivity contribution in [1.82, 2.24) is 4.90 Å². The molecule has 21 heavy (non-hydrogen) atoms. The average molecular weight is 297 g/mol. The smallest absolute Gasteiger partial charge is 0.410 e. The Hall–Kier alpha value is -1.52. The topological polar surface area (TPSA) is 55.8 Å². The molecule has 0 aromatic heterocycles. The van der Waals surface area contributed by atoms with Crippen molar-refractivity contribution in [3.05, 3.63) is 12.2 Å². The molecule has 0 aromatic carbocycles. The quantitative estimate of drug-likeness (QED) is 0.591. The molecule has 1 aliphatic rings. The number of allylic oxidation sites excluding steroid dienone is 1. The van der Waals surface area contributed by atoms with E-state index in [1.165, 1.54) is 0 Å². The second-order valence-corrected chi connectivity index (χ2v) is 6.79. The first kappa shape index (κ1) is 17.5. The maximum Gasteiger partial charge on any atom is 0.410 e. The third kappa shape index (κ3) is 4.76. The minimum Gasteiger partial charge on any atom is -0.466 e. The molecule has 1 fully saturated rings. The number of rotatable bonds is 4. The number of amides is 1. The summed E-state index contributed by atoms with van der Waals surface area (Å²) in [5, 5.41) is 0. The van der Waals surface area contributed by atoms with Gasteiger partial charge in [-0.15, -0.1) is 6.58 Å². The van der Waals surface area contributed by atoms with E-state index in [1.54, 1.807) is 11.8 Å². The van der Waals surface area contributed by atoms with Gasteiger partial charge in [-0.2, -0.15) is 0 Å². The largest absolute Gasteiger partial charge is 0.466 e. The lowest BCUT2D eigenvalue weighted by Gasteiger charge is -2.28. The lowest BCUT2D eigenvalue weighted by atomic mass is 9.81. The number of hydrogen-bond donors (Lipinski definition) is 0. The van der Waals surface area contributed by atoms with Gasteiger partial charge in [-0.25, -0.2) is 4.79 Å². The third-order valence-electron chi connectivity index (χ3n) is 3.35. The van der Waals surface area contributed by atoms with E-state index in [0.29, 0.717) is 32.5 Å². The highest BCUT2D eigenvalue weighted by molar-refractivity contribution is 5.80. The van der Waals surface area contributed by atoms with E-state index >= 15 is 0 Å². The Morgan fingerprint density at radius 2 is 1.95 bits per heavy atom. The summed E-state index contributed by atoms with van der Waals surface area (Å²) in [6, 6.07) is 0. The van der Waals surface area contributed by atoms with Crippen molar-refractivity contribution in [2.45, 2.75) is 53.1 Å². The molecule has 1 heterocycles. The van der Waals surface area contributed by atoms with Gasteiger partial charge in [0.05, 0.1) is 12.0 Å². The van der Waals surface area contributed by atoms with Crippen LogP contribution in [-0.4, -0.2) is 42.3 Å². The monoisotopic (exact) mass is 297 g/mol. The van der Waals surface area contributed by atoms with Crippen molar-refractivity contribution in [2.75, 3.05) is 19.7 Å². The summed E-state index contributed by atoms with van der Waals surface area (Å²) in [5.74, 6) is -0.251. The van der Waals surface area contributed by atoms with Gasteiger partial charge in [0.1, 0.15) is 5.60 Å². The van der Waals surface area contributed by atoms with Gasteiger partial charge in [0.25, 0.3) is 0 Å². The molecule has 0 bridgehead atoms. The van der Waals surface area contributed by atoms with E-state index in [9.17, 15) is 9.59 Å². The molecular formula is C16H27NO4. The second-order valence-electron chi connectivity index (χ2n) is 6.79. The highest BCUT2D eigenvalue weighted by atomic mass is 16.6. The summed E-state index contributed by atoms with van der Waals surface area (Å²) in [7, 11) is 0. The number of hydrogen-bond acceptors (Lipinski definition) is 4. The molecule has 1 atom stereocenters. The van der Waals surface area contributed by atoms with Gasteiger partial charge in [0.2, 0.25) is 0 Å². The first-order valence-corrected chi connectivity index (χ1v) is 7.39. The molecule has 0 saturated carbocycles. The van der Waals surface area contributed by atoms with Gasteiger partial charge in [-0.1, -0.05) is 5.57 Å². The lowest BCUT2D eigenvalue weighted by molar-refractivity contribution is -0.154. The van der Waals surface area contributed by atoms with Crippen molar-refractivity contribution >= 4 is 12.1 Å². The van der Waals surface area contributed by atoms with Gasteiger partial charge in [-0.05, 0) is 47.5 Å². The molecule has 1 aliphatic heterocycles. The predicted molar refractivity (Wildman–Crippen MR) is 80.9 cm³/mol. The van der Waals surface area contributed by atoms with E-state index in [0.717, 1.165) is 5.57 Å². The standard InChI is InChI=1S/C16H27NO4/c1-7-20-13(18)16(10-12(2)3)8-9-17(11-16)14(19)21-15(4,5)6/h2,7-11H2,1,3-6H3. The fourth-order valence-corrected chi connectivity index (χ4v) is 2.60. The molecule has 5 heteroatoms. The summed E-state index contributed by atoms with van der Waals surface area (Å²) < 4.78 is 10.6. The van der Waals surface area contributed by atoms with Crippen molar-refractivity contribution in [2.24, 2.45) is 5.41 Å². The van der Waals surface area contributed by atoms with Gasteiger partial charge >= 0.3 is 12.1 Å². The van der Waals surface area contributed by atoms with Crippen LogP contribution in [0, 0.1) is 5.41 Å². The number of ether oxygens (including phenoxy) is 2. The maximum atomic E-state index is 12.3. The molecule has 0 spiro atoms. The van der Waals surface area contributed by atoms with Crippen LogP contribution in [0.5, 0.6) is 0 Å². The van der Waals surface area contributed by atoms with Crippen LogP contribution in [0.15, 0.2) is 12.2 Å². The summed E-state index contributed by atoms with van der Waals surface area (Å²) in [6.45, 7) is 14.2. The number of carbonyl (C=O) groups excluding carboxylic acids is 2. The number of likely N-dealkylation sites (tertiary alicyclic amines) is 1. The van der Waals surface area contributed by atoms with Crippen molar-refractivity contribution in [1.29, 1.82) is 0 Å². The fourth-order valence-electron chi connectivity index (χ4n) is 2.60. The normalized spacial score (nSPS) is 22.0. The molecule has 1 amide bonds. The van der Waals surface area contributed by atoms with E-state index in [1.807, 2.05) is 27.7 Å².